The molecule has 0 saturated carbocycles. The maximum Gasteiger partial charge on any atom is 0.343 e. The second-order valence-electron chi connectivity index (χ2n) is 5.66. The van der Waals surface area contributed by atoms with E-state index in [4.69, 9.17) is 21.1 Å². The zero-order chi connectivity index (χ0) is 20.3. The molecule has 0 aliphatic heterocycles. The molecule has 1 N–H and O–H groups in total. The number of ether oxygens (including phenoxy) is 2. The lowest BCUT2D eigenvalue weighted by molar-refractivity contribution is -0.384. The highest BCUT2D eigenvalue weighted by Gasteiger charge is 2.19. The monoisotopic (exact) mass is 402 g/mol. The Morgan fingerprint density at radius 1 is 1.32 bits per heavy atom. The Morgan fingerprint density at radius 2 is 2.11 bits per heavy atom. The molecule has 0 amide bonds. The summed E-state index contributed by atoms with van der Waals surface area (Å²) in [5.41, 5.74) is 1.20. The number of carbonyl (C=O) groups excluding carboxylic acids is 1. The number of aromatic nitrogens is 2. The minimum Gasteiger partial charge on any atom is -0.480 e. The van der Waals surface area contributed by atoms with E-state index in [0.29, 0.717) is 21.5 Å². The summed E-state index contributed by atoms with van der Waals surface area (Å²) in [5.74, 6) is -0.361. The summed E-state index contributed by atoms with van der Waals surface area (Å²) in [6, 6.07) is 7.75. The summed E-state index contributed by atoms with van der Waals surface area (Å²) < 4.78 is 9.96. The number of fused-ring (bicyclic) bond motifs is 1. The lowest BCUT2D eigenvalue weighted by Crippen LogP contribution is -2.08. The van der Waals surface area contributed by atoms with Gasteiger partial charge >= 0.3 is 11.7 Å². The van der Waals surface area contributed by atoms with Gasteiger partial charge in [0.2, 0.25) is 11.7 Å². The molecule has 0 bridgehead atoms. The number of nitro groups is 1. The third-order valence-electron chi connectivity index (χ3n) is 3.95. The topological polar surface area (TPSA) is 116 Å². The molecule has 0 aliphatic carbocycles. The van der Waals surface area contributed by atoms with Crippen LogP contribution in [-0.4, -0.2) is 35.1 Å². The molecule has 0 atom stereocenters. The van der Waals surface area contributed by atoms with Crippen LogP contribution in [0.5, 0.6) is 5.88 Å². The first kappa shape index (κ1) is 19.3. The molecule has 3 rings (SSSR count). The Bertz CT molecular complexity index is 1070. The maximum absolute atomic E-state index is 12.0. The fraction of sp³-hybridized carbons (Fsp3) is 0.167. The number of hydrogen-bond acceptors (Lipinski definition) is 8. The highest BCUT2D eigenvalue weighted by atomic mass is 35.5. The number of benzene rings is 1. The van der Waals surface area contributed by atoms with Gasteiger partial charge in [-0.15, -0.1) is 0 Å². The number of anilines is 1. The van der Waals surface area contributed by atoms with Gasteiger partial charge in [0, 0.05) is 29.2 Å². The van der Waals surface area contributed by atoms with Gasteiger partial charge < -0.3 is 14.8 Å². The van der Waals surface area contributed by atoms with Gasteiger partial charge in [-0.2, -0.15) is 0 Å². The summed E-state index contributed by atoms with van der Waals surface area (Å²) >= 11 is 6.20. The van der Waals surface area contributed by atoms with Gasteiger partial charge in [0.05, 0.1) is 24.7 Å². The molecule has 9 nitrogen and oxygen atoms in total. The molecule has 1 aromatic carbocycles. The molecular formula is C18H15ClN4O5. The average molecular weight is 403 g/mol. The Balaban J connectivity index is 2.04. The smallest absolute Gasteiger partial charge is 0.343 e. The fourth-order valence-corrected chi connectivity index (χ4v) is 2.96. The zero-order valence-corrected chi connectivity index (χ0v) is 15.7. The average Bonchev–Trinajstić information content (AvgIpc) is 2.70. The van der Waals surface area contributed by atoms with Crippen molar-refractivity contribution in [3.8, 4) is 5.88 Å². The second-order valence-corrected chi connectivity index (χ2v) is 6.09. The van der Waals surface area contributed by atoms with Gasteiger partial charge in [-0.3, -0.25) is 10.1 Å². The van der Waals surface area contributed by atoms with E-state index in [0.717, 1.165) is 0 Å². The molecule has 144 valence electrons. The van der Waals surface area contributed by atoms with Crippen molar-refractivity contribution < 1.29 is 19.2 Å². The van der Waals surface area contributed by atoms with E-state index in [9.17, 15) is 14.9 Å². The summed E-state index contributed by atoms with van der Waals surface area (Å²) in [6.07, 6.45) is 1.45. The van der Waals surface area contributed by atoms with Crippen molar-refractivity contribution >= 4 is 40.0 Å². The number of hydrogen-bond donors (Lipinski definition) is 1. The van der Waals surface area contributed by atoms with Crippen LogP contribution >= 0.6 is 11.6 Å². The molecular weight excluding hydrogens is 388 g/mol. The predicted octanol–water partition coefficient (Wildman–Crippen LogP) is 3.60. The van der Waals surface area contributed by atoms with Crippen LogP contribution in [0, 0.1) is 10.1 Å². The zero-order valence-electron chi connectivity index (χ0n) is 14.9. The van der Waals surface area contributed by atoms with Crippen molar-refractivity contribution in [2.75, 3.05) is 19.5 Å². The molecule has 28 heavy (non-hydrogen) atoms. The lowest BCUT2D eigenvalue weighted by Gasteiger charge is -2.12. The number of nitrogens with one attached hydrogen (secondary N) is 1. The molecule has 0 spiro atoms. The van der Waals surface area contributed by atoms with Gasteiger partial charge in [-0.25, -0.2) is 14.8 Å². The Hall–Kier alpha value is -3.46. The van der Waals surface area contributed by atoms with Crippen LogP contribution in [0.15, 0.2) is 36.5 Å². The predicted molar refractivity (Wildman–Crippen MR) is 103 cm³/mol. The second kappa shape index (κ2) is 8.05. The molecule has 0 unspecified atom stereocenters. The SMILES string of the molecule is COC(=O)c1cc2cc(Cl)cc(CNc3ncccc3[N+](=O)[O-])c2nc1OC. The highest BCUT2D eigenvalue weighted by Crippen LogP contribution is 2.29. The minimum atomic E-state index is -0.588. The number of pyridine rings is 2. The number of esters is 1. The van der Waals surface area contributed by atoms with E-state index in [-0.39, 0.29) is 29.5 Å². The number of halogens is 1. The lowest BCUT2D eigenvalue weighted by atomic mass is 10.1. The quantitative estimate of drug-likeness (QED) is 0.377. The third kappa shape index (κ3) is 3.79. The fourth-order valence-electron chi connectivity index (χ4n) is 2.71. The Kier molecular flexibility index (Phi) is 5.55. The molecule has 2 heterocycles. The van der Waals surface area contributed by atoms with Gasteiger partial charge in [-0.05, 0) is 29.8 Å². The first-order valence-electron chi connectivity index (χ1n) is 8.03. The standard InChI is InChI=1S/C18H15ClN4O5/c1-27-17-13(18(24)28-2)8-10-6-12(19)7-11(15(10)22-17)9-21-16-14(23(25)26)4-3-5-20-16/h3-8H,9H2,1-2H3,(H,20,21). The molecule has 10 heteroatoms. The van der Waals surface area contributed by atoms with Crippen molar-refractivity contribution in [2.45, 2.75) is 6.54 Å². The molecule has 0 saturated heterocycles. The van der Waals surface area contributed by atoms with Crippen molar-refractivity contribution in [3.63, 3.8) is 0 Å². The van der Waals surface area contributed by atoms with Crippen molar-refractivity contribution in [1.82, 2.24) is 9.97 Å². The van der Waals surface area contributed by atoms with Crippen LogP contribution in [0.4, 0.5) is 11.5 Å². The van der Waals surface area contributed by atoms with Crippen molar-refractivity contribution in [1.29, 1.82) is 0 Å². The molecule has 3 aromatic rings. The van der Waals surface area contributed by atoms with Crippen molar-refractivity contribution in [2.24, 2.45) is 0 Å². The van der Waals surface area contributed by atoms with Crippen LogP contribution in [-0.2, 0) is 11.3 Å². The van der Waals surface area contributed by atoms with Crippen molar-refractivity contribution in [3.05, 3.63) is 62.8 Å². The third-order valence-corrected chi connectivity index (χ3v) is 4.17. The Morgan fingerprint density at radius 3 is 2.79 bits per heavy atom. The van der Waals surface area contributed by atoms with E-state index < -0.39 is 10.9 Å². The maximum atomic E-state index is 12.0. The first-order valence-corrected chi connectivity index (χ1v) is 8.41. The summed E-state index contributed by atoms with van der Waals surface area (Å²) in [6.45, 7) is 0.169. The van der Waals surface area contributed by atoms with Gasteiger partial charge in [0.1, 0.15) is 5.56 Å². The van der Waals surface area contributed by atoms with E-state index in [2.05, 4.69) is 15.3 Å². The number of carbonyl (C=O) groups is 1. The number of methoxy groups -OCH3 is 2. The normalized spacial score (nSPS) is 10.5. The van der Waals surface area contributed by atoms with Crippen LogP contribution in [0.2, 0.25) is 5.02 Å². The van der Waals surface area contributed by atoms with Crippen LogP contribution in [0.1, 0.15) is 15.9 Å². The Labute approximate surface area is 164 Å². The summed E-state index contributed by atoms with van der Waals surface area (Å²) in [5, 5.41) is 15.1. The van der Waals surface area contributed by atoms with Crippen LogP contribution in [0.3, 0.4) is 0 Å². The van der Waals surface area contributed by atoms with Gasteiger partial charge in [0.15, 0.2) is 0 Å². The molecule has 2 aromatic heterocycles. The molecule has 0 radical (unpaired) electrons. The van der Waals surface area contributed by atoms with Gasteiger partial charge in [0.25, 0.3) is 0 Å². The van der Waals surface area contributed by atoms with E-state index >= 15 is 0 Å². The van der Waals surface area contributed by atoms with E-state index in [1.807, 2.05) is 0 Å². The molecule has 0 aliphatic rings. The molecule has 0 fully saturated rings. The van der Waals surface area contributed by atoms with E-state index in [1.165, 1.54) is 32.5 Å². The highest BCUT2D eigenvalue weighted by molar-refractivity contribution is 6.31. The summed E-state index contributed by atoms with van der Waals surface area (Å²) in [4.78, 5) is 31.0. The van der Waals surface area contributed by atoms with Crippen LogP contribution in [0.25, 0.3) is 10.9 Å². The first-order chi connectivity index (χ1) is 13.4. The summed E-state index contributed by atoms with van der Waals surface area (Å²) in [7, 11) is 2.66. The van der Waals surface area contributed by atoms with E-state index in [1.54, 1.807) is 18.2 Å². The number of nitrogens with zero attached hydrogens (tertiary/aromatic N) is 3. The van der Waals surface area contributed by atoms with Crippen LogP contribution < -0.4 is 10.1 Å². The number of rotatable bonds is 6. The van der Waals surface area contributed by atoms with Gasteiger partial charge in [-0.1, -0.05) is 11.6 Å². The largest absolute Gasteiger partial charge is 0.480 e. The minimum absolute atomic E-state index is 0.103.